The minimum absolute atomic E-state index is 0.00409. The molecule has 0 saturated carbocycles. The second-order valence-corrected chi connectivity index (χ2v) is 5.52. The van der Waals surface area contributed by atoms with Crippen molar-refractivity contribution in [1.29, 1.82) is 0 Å². The van der Waals surface area contributed by atoms with Crippen molar-refractivity contribution in [3.05, 3.63) is 18.2 Å². The molecule has 1 amide bonds. The van der Waals surface area contributed by atoms with E-state index in [0.29, 0.717) is 23.7 Å². The summed E-state index contributed by atoms with van der Waals surface area (Å²) in [7, 11) is 0. The molecule has 23 heavy (non-hydrogen) atoms. The summed E-state index contributed by atoms with van der Waals surface area (Å²) in [5.74, 6) is 0.177. The van der Waals surface area contributed by atoms with Crippen LogP contribution in [0.15, 0.2) is 18.2 Å². The monoisotopic (exact) mass is 322 g/mol. The van der Waals surface area contributed by atoms with Crippen molar-refractivity contribution >= 4 is 17.6 Å². The Kier molecular flexibility index (Phi) is 5.81. The third kappa shape index (κ3) is 4.59. The van der Waals surface area contributed by atoms with Crippen molar-refractivity contribution in [3.63, 3.8) is 0 Å². The number of amides is 1. The van der Waals surface area contributed by atoms with E-state index in [1.54, 1.807) is 18.2 Å². The molecule has 1 aromatic rings. The maximum absolute atomic E-state index is 11.9. The molecule has 0 unspecified atom stereocenters. The van der Waals surface area contributed by atoms with Gasteiger partial charge in [0.1, 0.15) is 6.04 Å². The summed E-state index contributed by atoms with van der Waals surface area (Å²) in [4.78, 5) is 23.1. The van der Waals surface area contributed by atoms with Gasteiger partial charge >= 0.3 is 5.97 Å². The maximum atomic E-state index is 11.9. The van der Waals surface area contributed by atoms with Gasteiger partial charge in [-0.3, -0.25) is 9.59 Å². The van der Waals surface area contributed by atoms with Gasteiger partial charge in [-0.1, -0.05) is 20.3 Å². The third-order valence-electron chi connectivity index (χ3n) is 3.85. The predicted octanol–water partition coefficient (Wildman–Crippen LogP) is 1.83. The fourth-order valence-electron chi connectivity index (χ4n) is 2.31. The van der Waals surface area contributed by atoms with Crippen LogP contribution in [0.25, 0.3) is 0 Å². The minimum atomic E-state index is -0.893. The van der Waals surface area contributed by atoms with Gasteiger partial charge in [-0.15, -0.1) is 0 Å². The lowest BCUT2D eigenvalue weighted by Crippen LogP contribution is -2.42. The lowest BCUT2D eigenvalue weighted by atomic mass is 9.99. The second kappa shape index (κ2) is 7.82. The van der Waals surface area contributed by atoms with Gasteiger partial charge in [0.05, 0.1) is 0 Å². The maximum Gasteiger partial charge on any atom is 0.320 e. The first-order valence-corrected chi connectivity index (χ1v) is 7.67. The topological polar surface area (TPSA) is 96.9 Å². The molecule has 3 N–H and O–H groups in total. The number of carbonyl (C=O) groups excluding carboxylic acids is 1. The molecule has 1 heterocycles. The lowest BCUT2D eigenvalue weighted by Gasteiger charge is -2.20. The van der Waals surface area contributed by atoms with Crippen LogP contribution in [0.2, 0.25) is 0 Å². The Morgan fingerprint density at radius 1 is 1.30 bits per heavy atom. The van der Waals surface area contributed by atoms with Crippen LogP contribution in [-0.4, -0.2) is 36.4 Å². The summed E-state index contributed by atoms with van der Waals surface area (Å²) < 4.78 is 10.5. The first-order valence-electron chi connectivity index (χ1n) is 7.67. The van der Waals surface area contributed by atoms with Crippen LogP contribution >= 0.6 is 0 Å². The molecule has 0 spiro atoms. The Hall–Kier alpha value is -2.28. The summed E-state index contributed by atoms with van der Waals surface area (Å²) >= 11 is 0. The average Bonchev–Trinajstić information content (AvgIpc) is 2.98. The van der Waals surface area contributed by atoms with E-state index in [4.69, 9.17) is 9.47 Å². The highest BCUT2D eigenvalue weighted by atomic mass is 16.7. The molecule has 0 fully saturated rings. The van der Waals surface area contributed by atoms with Gasteiger partial charge < -0.3 is 25.2 Å². The van der Waals surface area contributed by atoms with E-state index in [2.05, 4.69) is 10.6 Å². The van der Waals surface area contributed by atoms with E-state index >= 15 is 0 Å². The van der Waals surface area contributed by atoms with Gasteiger partial charge in [0.2, 0.25) is 12.7 Å². The fourth-order valence-corrected chi connectivity index (χ4v) is 2.31. The Bertz CT molecular complexity index is 576. The zero-order valence-corrected chi connectivity index (χ0v) is 13.3. The van der Waals surface area contributed by atoms with Gasteiger partial charge in [0, 0.05) is 24.7 Å². The highest BCUT2D eigenvalue weighted by molar-refractivity contribution is 5.91. The number of ether oxygens (including phenoxy) is 2. The number of carbonyl (C=O) groups is 2. The lowest BCUT2D eigenvalue weighted by molar-refractivity contribution is -0.141. The number of benzene rings is 1. The van der Waals surface area contributed by atoms with Crippen LogP contribution in [0.4, 0.5) is 5.69 Å². The standard InChI is InChI=1S/C16H22N2O5/c1-3-10(2)15(16(20)21)17-7-6-14(19)18-11-4-5-12-13(8-11)23-9-22-12/h4-5,8,10,15,17H,3,6-7,9H2,1-2H3,(H,18,19)(H,20,21)/t10-,15-/m0/s1. The van der Waals surface area contributed by atoms with Gasteiger partial charge in [-0.05, 0) is 18.1 Å². The fraction of sp³-hybridized carbons (Fsp3) is 0.500. The van der Waals surface area contributed by atoms with Crippen LogP contribution in [0, 0.1) is 5.92 Å². The molecule has 7 heteroatoms. The molecule has 0 saturated heterocycles. The van der Waals surface area contributed by atoms with Crippen molar-refractivity contribution in [1.82, 2.24) is 5.32 Å². The molecule has 1 aromatic carbocycles. The van der Waals surface area contributed by atoms with Gasteiger partial charge in [-0.25, -0.2) is 0 Å². The summed E-state index contributed by atoms with van der Waals surface area (Å²) in [6, 6.07) is 4.53. The van der Waals surface area contributed by atoms with Gasteiger partial charge in [-0.2, -0.15) is 0 Å². The number of carboxylic acids is 1. The zero-order chi connectivity index (χ0) is 16.8. The molecular weight excluding hydrogens is 300 g/mol. The summed E-state index contributed by atoms with van der Waals surface area (Å²) in [6.07, 6.45) is 0.946. The van der Waals surface area contributed by atoms with Crippen LogP contribution in [0.3, 0.4) is 0 Å². The minimum Gasteiger partial charge on any atom is -0.480 e. The molecule has 0 aromatic heterocycles. The zero-order valence-electron chi connectivity index (χ0n) is 13.3. The van der Waals surface area contributed by atoms with Crippen molar-refractivity contribution in [3.8, 4) is 11.5 Å². The molecule has 126 valence electrons. The quantitative estimate of drug-likeness (QED) is 0.676. The number of hydrogen-bond acceptors (Lipinski definition) is 5. The van der Waals surface area contributed by atoms with Crippen LogP contribution < -0.4 is 20.1 Å². The average molecular weight is 322 g/mol. The Labute approximate surface area is 135 Å². The van der Waals surface area contributed by atoms with E-state index in [-0.39, 0.29) is 25.0 Å². The van der Waals surface area contributed by atoms with E-state index in [1.165, 1.54) is 0 Å². The van der Waals surface area contributed by atoms with Crippen molar-refractivity contribution < 1.29 is 24.2 Å². The second-order valence-electron chi connectivity index (χ2n) is 5.52. The van der Waals surface area contributed by atoms with Crippen LogP contribution in [0.1, 0.15) is 26.7 Å². The molecule has 2 rings (SSSR count). The third-order valence-corrected chi connectivity index (χ3v) is 3.85. The summed E-state index contributed by atoms with van der Waals surface area (Å²) in [5.41, 5.74) is 0.621. The molecule has 0 aliphatic carbocycles. The van der Waals surface area contributed by atoms with E-state index < -0.39 is 12.0 Å². The van der Waals surface area contributed by atoms with E-state index in [9.17, 15) is 14.7 Å². The number of carboxylic acid groups (broad SMARTS) is 1. The summed E-state index contributed by atoms with van der Waals surface area (Å²) in [5, 5.41) is 14.9. The number of hydrogen-bond donors (Lipinski definition) is 3. The highest BCUT2D eigenvalue weighted by Crippen LogP contribution is 2.34. The van der Waals surface area contributed by atoms with Gasteiger partial charge in [0.15, 0.2) is 11.5 Å². The molecule has 0 radical (unpaired) electrons. The Balaban J connectivity index is 1.80. The number of rotatable bonds is 8. The molecule has 1 aliphatic heterocycles. The smallest absolute Gasteiger partial charge is 0.320 e. The molecule has 0 bridgehead atoms. The predicted molar refractivity (Wildman–Crippen MR) is 84.7 cm³/mol. The number of aliphatic carboxylic acids is 1. The number of nitrogens with one attached hydrogen (secondary N) is 2. The van der Waals surface area contributed by atoms with Crippen molar-refractivity contribution in [2.45, 2.75) is 32.7 Å². The largest absolute Gasteiger partial charge is 0.480 e. The first-order chi connectivity index (χ1) is 11.0. The first kappa shape index (κ1) is 17.1. The van der Waals surface area contributed by atoms with Crippen molar-refractivity contribution in [2.75, 3.05) is 18.7 Å². The molecule has 7 nitrogen and oxygen atoms in total. The number of fused-ring (bicyclic) bond motifs is 1. The molecule has 1 aliphatic rings. The van der Waals surface area contributed by atoms with E-state index in [0.717, 1.165) is 6.42 Å². The van der Waals surface area contributed by atoms with Gasteiger partial charge in [0.25, 0.3) is 0 Å². The highest BCUT2D eigenvalue weighted by Gasteiger charge is 2.22. The van der Waals surface area contributed by atoms with Crippen molar-refractivity contribution in [2.24, 2.45) is 5.92 Å². The Morgan fingerprint density at radius 2 is 2.04 bits per heavy atom. The SMILES string of the molecule is CC[C@H](C)[C@H](NCCC(=O)Nc1ccc2c(c1)OCO2)C(=O)O. The molecule has 2 atom stereocenters. The summed E-state index contributed by atoms with van der Waals surface area (Å²) in [6.45, 7) is 4.30. The number of anilines is 1. The Morgan fingerprint density at radius 3 is 2.74 bits per heavy atom. The van der Waals surface area contributed by atoms with E-state index in [1.807, 2.05) is 13.8 Å². The molecular formula is C16H22N2O5. The van der Waals surface area contributed by atoms with Crippen LogP contribution in [0.5, 0.6) is 11.5 Å². The normalized spacial score (nSPS) is 15.0. The van der Waals surface area contributed by atoms with Crippen LogP contribution in [-0.2, 0) is 9.59 Å².